The first-order valence-corrected chi connectivity index (χ1v) is 10.2. The number of pyridine rings is 1. The van der Waals surface area contributed by atoms with Gasteiger partial charge >= 0.3 is 6.18 Å². The molecule has 0 N–H and O–H groups in total. The Morgan fingerprint density at radius 3 is 2.50 bits per heavy atom. The van der Waals surface area contributed by atoms with Gasteiger partial charge in [-0.2, -0.15) is 17.5 Å². The number of aromatic nitrogens is 2. The Morgan fingerprint density at radius 1 is 1.19 bits per heavy atom. The maximum Gasteiger partial charge on any atom is 0.416 e. The molecule has 142 valence electrons. The molecule has 2 fully saturated rings. The summed E-state index contributed by atoms with van der Waals surface area (Å²) in [5.74, 6) is 0.395. The van der Waals surface area contributed by atoms with Gasteiger partial charge in [-0.15, -0.1) is 0 Å². The minimum Gasteiger partial charge on any atom is -0.354 e. The quantitative estimate of drug-likeness (QED) is 0.793. The molecule has 10 heteroatoms. The van der Waals surface area contributed by atoms with E-state index in [9.17, 15) is 21.6 Å². The molecule has 1 saturated carbocycles. The second-order valence-corrected chi connectivity index (χ2v) is 9.03. The van der Waals surface area contributed by atoms with Gasteiger partial charge in [0.1, 0.15) is 12.1 Å². The van der Waals surface area contributed by atoms with E-state index in [-0.39, 0.29) is 6.54 Å². The lowest BCUT2D eigenvalue weighted by molar-refractivity contribution is -0.137. The van der Waals surface area contributed by atoms with Gasteiger partial charge < -0.3 is 4.90 Å². The molecule has 6 nitrogen and oxygen atoms in total. The van der Waals surface area contributed by atoms with Crippen molar-refractivity contribution in [2.75, 3.05) is 30.8 Å². The highest BCUT2D eigenvalue weighted by molar-refractivity contribution is 7.88. The molecular formula is C16H19F3N4O2S. The Hall–Kier alpha value is -1.81. The fraction of sp³-hybridized carbons (Fsp3) is 0.562. The third-order valence-corrected chi connectivity index (χ3v) is 6.80. The highest BCUT2D eigenvalue weighted by Gasteiger charge is 2.50. The van der Waals surface area contributed by atoms with Crippen LogP contribution in [0.2, 0.25) is 0 Å². The Kier molecular flexibility index (Phi) is 3.78. The van der Waals surface area contributed by atoms with Gasteiger partial charge in [0.2, 0.25) is 10.0 Å². The number of hydrogen-bond acceptors (Lipinski definition) is 4. The molecule has 1 aliphatic heterocycles. The van der Waals surface area contributed by atoms with Crippen LogP contribution in [0, 0.1) is 0 Å². The molecule has 2 aromatic rings. The minimum atomic E-state index is -4.45. The topological polar surface area (TPSA) is 57.9 Å². The zero-order valence-corrected chi connectivity index (χ0v) is 15.0. The molecule has 0 radical (unpaired) electrons. The molecule has 1 spiro atoms. The Morgan fingerprint density at radius 2 is 1.92 bits per heavy atom. The molecular weight excluding hydrogens is 369 g/mol. The molecule has 0 atom stereocenters. The highest BCUT2D eigenvalue weighted by atomic mass is 32.2. The summed E-state index contributed by atoms with van der Waals surface area (Å²) in [5, 5.41) is 0. The third kappa shape index (κ3) is 2.75. The predicted molar refractivity (Wildman–Crippen MR) is 90.5 cm³/mol. The number of fused-ring (bicyclic) bond motifs is 1. The molecule has 26 heavy (non-hydrogen) atoms. The second kappa shape index (κ2) is 5.59. The molecule has 0 bridgehead atoms. The van der Waals surface area contributed by atoms with Crippen LogP contribution in [0.5, 0.6) is 0 Å². The van der Waals surface area contributed by atoms with Gasteiger partial charge in [0.05, 0.1) is 29.1 Å². The summed E-state index contributed by atoms with van der Waals surface area (Å²) >= 11 is 0. The molecule has 0 unspecified atom stereocenters. The number of halogens is 3. The summed E-state index contributed by atoms with van der Waals surface area (Å²) in [5.41, 5.74) is -0.885. The monoisotopic (exact) mass is 388 g/mol. The van der Waals surface area contributed by atoms with Crippen LogP contribution in [0.15, 0.2) is 24.7 Å². The van der Waals surface area contributed by atoms with Crippen LogP contribution < -0.4 is 4.90 Å². The van der Waals surface area contributed by atoms with Gasteiger partial charge in [-0.1, -0.05) is 0 Å². The molecule has 0 amide bonds. The normalized spacial score (nSPS) is 21.3. The number of imidazole rings is 1. The van der Waals surface area contributed by atoms with Crippen LogP contribution >= 0.6 is 0 Å². The van der Waals surface area contributed by atoms with E-state index >= 15 is 0 Å². The number of alkyl halides is 3. The van der Waals surface area contributed by atoms with Crippen molar-refractivity contribution in [3.05, 3.63) is 30.2 Å². The van der Waals surface area contributed by atoms with Crippen LogP contribution in [0.25, 0.3) is 5.52 Å². The van der Waals surface area contributed by atoms with Gasteiger partial charge in [-0.3, -0.25) is 4.40 Å². The van der Waals surface area contributed by atoms with Crippen LogP contribution in [-0.2, 0) is 16.2 Å². The maximum atomic E-state index is 13.3. The van der Waals surface area contributed by atoms with Crippen molar-refractivity contribution in [2.45, 2.75) is 31.0 Å². The number of nitrogens with zero attached hydrogens (tertiary/aromatic N) is 4. The summed E-state index contributed by atoms with van der Waals surface area (Å²) < 4.78 is 67.3. The molecule has 2 aliphatic rings. The number of hydrogen-bond donors (Lipinski definition) is 0. The standard InChI is InChI=1S/C16H19F3N4O2S/c1-26(24,25)23-6-5-21(10-15(23)3-2-4-15)14-8-12(16(17,18)19)7-13-9-20-11-22(13)14/h7-9,11H,2-6,10H2,1H3. The highest BCUT2D eigenvalue weighted by Crippen LogP contribution is 2.43. The summed E-state index contributed by atoms with van der Waals surface area (Å²) in [6.07, 6.45) is 1.99. The lowest BCUT2D eigenvalue weighted by Gasteiger charge is -2.55. The first-order valence-electron chi connectivity index (χ1n) is 8.36. The van der Waals surface area contributed by atoms with Crippen molar-refractivity contribution >= 4 is 21.4 Å². The lowest BCUT2D eigenvalue weighted by atomic mass is 9.75. The van der Waals surface area contributed by atoms with Crippen molar-refractivity contribution in [1.29, 1.82) is 0 Å². The Balaban J connectivity index is 1.76. The number of anilines is 1. The van der Waals surface area contributed by atoms with Gasteiger partial charge in [0.25, 0.3) is 0 Å². The summed E-state index contributed by atoms with van der Waals surface area (Å²) in [6.45, 7) is 0.989. The average molecular weight is 388 g/mol. The minimum absolute atomic E-state index is 0.269. The zero-order chi connectivity index (χ0) is 18.7. The second-order valence-electron chi connectivity index (χ2n) is 7.12. The maximum absolute atomic E-state index is 13.3. The van der Waals surface area contributed by atoms with E-state index in [1.165, 1.54) is 23.1 Å². The van der Waals surface area contributed by atoms with Gasteiger partial charge in [-0.25, -0.2) is 13.4 Å². The molecule has 0 aromatic carbocycles. The summed E-state index contributed by atoms with van der Waals surface area (Å²) in [6, 6.07) is 2.19. The van der Waals surface area contributed by atoms with Gasteiger partial charge in [0.15, 0.2) is 0 Å². The van der Waals surface area contributed by atoms with Crippen LogP contribution in [0.4, 0.5) is 19.0 Å². The van der Waals surface area contributed by atoms with Crippen LogP contribution in [0.1, 0.15) is 24.8 Å². The first-order chi connectivity index (χ1) is 12.1. The fourth-order valence-corrected chi connectivity index (χ4v) is 5.44. The molecule has 2 aromatic heterocycles. The van der Waals surface area contributed by atoms with Crippen molar-refractivity contribution in [1.82, 2.24) is 13.7 Å². The number of rotatable bonds is 2. The molecule has 4 rings (SSSR count). The van der Waals surface area contributed by atoms with E-state index in [4.69, 9.17) is 0 Å². The van der Waals surface area contributed by atoms with Crippen LogP contribution in [-0.4, -0.2) is 53.5 Å². The lowest BCUT2D eigenvalue weighted by Crippen LogP contribution is -2.67. The van der Waals surface area contributed by atoms with E-state index < -0.39 is 27.3 Å². The largest absolute Gasteiger partial charge is 0.416 e. The summed E-state index contributed by atoms with van der Waals surface area (Å²) in [7, 11) is -3.36. The average Bonchev–Trinajstić information content (AvgIpc) is 2.98. The molecule has 1 saturated heterocycles. The van der Waals surface area contributed by atoms with Crippen molar-refractivity contribution in [3.8, 4) is 0 Å². The smallest absolute Gasteiger partial charge is 0.354 e. The van der Waals surface area contributed by atoms with Crippen molar-refractivity contribution in [2.24, 2.45) is 0 Å². The van der Waals surface area contributed by atoms with Gasteiger partial charge in [0, 0.05) is 19.6 Å². The molecule has 1 aliphatic carbocycles. The van der Waals surface area contributed by atoms with E-state index in [0.717, 1.165) is 31.4 Å². The van der Waals surface area contributed by atoms with E-state index in [1.807, 2.05) is 4.90 Å². The van der Waals surface area contributed by atoms with E-state index in [2.05, 4.69) is 4.98 Å². The van der Waals surface area contributed by atoms with E-state index in [0.29, 0.717) is 24.4 Å². The first kappa shape index (κ1) is 17.6. The SMILES string of the molecule is CS(=O)(=O)N1CCN(c2cc(C(F)(F)F)cc3cncn23)CC12CCC2. The molecule has 3 heterocycles. The number of sulfonamides is 1. The Labute approximate surface area is 149 Å². The van der Waals surface area contributed by atoms with Gasteiger partial charge in [-0.05, 0) is 31.4 Å². The fourth-order valence-electron chi connectivity index (χ4n) is 4.09. The van der Waals surface area contributed by atoms with E-state index in [1.54, 1.807) is 4.40 Å². The van der Waals surface area contributed by atoms with Crippen LogP contribution in [0.3, 0.4) is 0 Å². The van der Waals surface area contributed by atoms with Crippen molar-refractivity contribution in [3.63, 3.8) is 0 Å². The Bertz CT molecular complexity index is 950. The number of piperazine rings is 1. The predicted octanol–water partition coefficient (Wildman–Crippen LogP) is 2.36. The third-order valence-electron chi connectivity index (χ3n) is 5.43. The zero-order valence-electron chi connectivity index (χ0n) is 14.2. The summed E-state index contributed by atoms with van der Waals surface area (Å²) in [4.78, 5) is 5.82. The van der Waals surface area contributed by atoms with Crippen molar-refractivity contribution < 1.29 is 21.6 Å².